The largest absolute Gasteiger partial charge is 0.496 e. The van der Waals surface area contributed by atoms with Gasteiger partial charge >= 0.3 is 0 Å². The third kappa shape index (κ3) is 2.73. The molecule has 1 aromatic rings. The summed E-state index contributed by atoms with van der Waals surface area (Å²) in [5.41, 5.74) is 2.28. The SMILES string of the molecule is COc1ccc(OC)c2c1C[C@@H](O)[C@H](N1CCNCC1)C2. The van der Waals surface area contributed by atoms with Crippen LogP contribution in [0.15, 0.2) is 12.1 Å². The predicted molar refractivity (Wildman–Crippen MR) is 81.2 cm³/mol. The molecule has 1 fully saturated rings. The highest BCUT2D eigenvalue weighted by molar-refractivity contribution is 5.51. The van der Waals surface area contributed by atoms with E-state index in [1.807, 2.05) is 12.1 Å². The van der Waals surface area contributed by atoms with Crippen molar-refractivity contribution in [1.29, 1.82) is 0 Å². The number of rotatable bonds is 3. The topological polar surface area (TPSA) is 54.0 Å². The van der Waals surface area contributed by atoms with Crippen molar-refractivity contribution in [1.82, 2.24) is 10.2 Å². The lowest BCUT2D eigenvalue weighted by Crippen LogP contribution is -2.55. The molecule has 1 aliphatic carbocycles. The fraction of sp³-hybridized carbons (Fsp3) is 0.625. The fourth-order valence-corrected chi connectivity index (χ4v) is 3.56. The van der Waals surface area contributed by atoms with E-state index >= 15 is 0 Å². The van der Waals surface area contributed by atoms with Gasteiger partial charge in [-0.3, -0.25) is 4.90 Å². The lowest BCUT2D eigenvalue weighted by Gasteiger charge is -2.41. The molecule has 3 rings (SSSR count). The molecule has 0 amide bonds. The molecule has 0 saturated carbocycles. The Kier molecular flexibility index (Phi) is 4.33. The van der Waals surface area contributed by atoms with Crippen molar-refractivity contribution >= 4 is 0 Å². The number of nitrogens with one attached hydrogen (secondary N) is 1. The van der Waals surface area contributed by atoms with Crippen LogP contribution in [0, 0.1) is 0 Å². The number of fused-ring (bicyclic) bond motifs is 1. The summed E-state index contributed by atoms with van der Waals surface area (Å²) in [7, 11) is 3.38. The first-order chi connectivity index (χ1) is 10.2. The van der Waals surface area contributed by atoms with Gasteiger partial charge in [0.05, 0.1) is 20.3 Å². The van der Waals surface area contributed by atoms with Crippen LogP contribution in [0.1, 0.15) is 11.1 Å². The molecule has 0 unspecified atom stereocenters. The molecule has 21 heavy (non-hydrogen) atoms. The average molecular weight is 292 g/mol. The molecule has 116 valence electrons. The Hall–Kier alpha value is -1.30. The summed E-state index contributed by atoms with van der Waals surface area (Å²) in [5, 5.41) is 14.0. The Balaban J connectivity index is 1.91. The van der Waals surface area contributed by atoms with E-state index in [-0.39, 0.29) is 12.1 Å². The van der Waals surface area contributed by atoms with Gasteiger partial charge in [-0.1, -0.05) is 0 Å². The summed E-state index contributed by atoms with van der Waals surface area (Å²) in [6.07, 6.45) is 1.10. The molecule has 1 saturated heterocycles. The molecule has 1 aliphatic heterocycles. The summed E-state index contributed by atoms with van der Waals surface area (Å²) < 4.78 is 11.0. The summed E-state index contributed by atoms with van der Waals surface area (Å²) >= 11 is 0. The molecule has 2 N–H and O–H groups in total. The van der Waals surface area contributed by atoms with E-state index in [1.54, 1.807) is 14.2 Å². The number of aliphatic hydroxyl groups is 1. The van der Waals surface area contributed by atoms with Gasteiger partial charge in [0.1, 0.15) is 11.5 Å². The summed E-state index contributed by atoms with van der Waals surface area (Å²) in [5.74, 6) is 1.75. The van der Waals surface area contributed by atoms with Crippen molar-refractivity contribution in [3.8, 4) is 11.5 Å². The van der Waals surface area contributed by atoms with Gasteiger partial charge in [-0.25, -0.2) is 0 Å². The van der Waals surface area contributed by atoms with Crippen LogP contribution in [0.5, 0.6) is 11.5 Å². The Morgan fingerprint density at radius 2 is 1.62 bits per heavy atom. The van der Waals surface area contributed by atoms with E-state index in [0.717, 1.165) is 49.7 Å². The Morgan fingerprint density at radius 3 is 2.19 bits per heavy atom. The standard InChI is InChI=1S/C16H24N2O3/c1-20-15-3-4-16(21-2)12-10-14(19)13(9-11(12)15)18-7-5-17-6-8-18/h3-4,13-14,17,19H,5-10H2,1-2H3/t13-,14-/m1/s1. The summed E-state index contributed by atoms with van der Waals surface area (Å²) in [4.78, 5) is 2.39. The van der Waals surface area contributed by atoms with Crippen LogP contribution in [0.4, 0.5) is 0 Å². The smallest absolute Gasteiger partial charge is 0.122 e. The molecular formula is C16H24N2O3. The van der Waals surface area contributed by atoms with Crippen molar-refractivity contribution in [3.05, 3.63) is 23.3 Å². The Bertz CT molecular complexity index is 501. The first kappa shape index (κ1) is 14.6. The molecule has 1 heterocycles. The molecule has 1 aromatic carbocycles. The maximum atomic E-state index is 10.6. The summed E-state index contributed by atoms with van der Waals surface area (Å²) in [6.45, 7) is 3.96. The number of methoxy groups -OCH3 is 2. The second kappa shape index (κ2) is 6.22. The van der Waals surface area contributed by atoms with Crippen molar-refractivity contribution in [2.24, 2.45) is 0 Å². The van der Waals surface area contributed by atoms with E-state index in [9.17, 15) is 5.11 Å². The Morgan fingerprint density at radius 1 is 1.05 bits per heavy atom. The van der Waals surface area contributed by atoms with Crippen LogP contribution in [-0.2, 0) is 12.8 Å². The number of hydrogen-bond acceptors (Lipinski definition) is 5. The third-order valence-corrected chi connectivity index (χ3v) is 4.68. The van der Waals surface area contributed by atoms with Crippen molar-refractivity contribution in [2.45, 2.75) is 25.0 Å². The molecule has 0 aromatic heterocycles. The van der Waals surface area contributed by atoms with Crippen LogP contribution in [-0.4, -0.2) is 62.6 Å². The number of ether oxygens (including phenoxy) is 2. The highest BCUT2D eigenvalue weighted by Gasteiger charge is 2.35. The van der Waals surface area contributed by atoms with E-state index in [1.165, 1.54) is 5.56 Å². The van der Waals surface area contributed by atoms with Gasteiger partial charge < -0.3 is 19.9 Å². The van der Waals surface area contributed by atoms with Crippen molar-refractivity contribution in [3.63, 3.8) is 0 Å². The fourth-order valence-electron chi connectivity index (χ4n) is 3.56. The van der Waals surface area contributed by atoms with Crippen molar-refractivity contribution < 1.29 is 14.6 Å². The molecular weight excluding hydrogens is 268 g/mol. The highest BCUT2D eigenvalue weighted by atomic mass is 16.5. The molecule has 2 atom stereocenters. The number of piperazine rings is 1. The molecule has 5 nitrogen and oxygen atoms in total. The first-order valence-corrected chi connectivity index (χ1v) is 7.60. The maximum absolute atomic E-state index is 10.6. The molecule has 0 spiro atoms. The van der Waals surface area contributed by atoms with E-state index in [2.05, 4.69) is 10.2 Å². The van der Waals surface area contributed by atoms with Gasteiger partial charge in [-0.05, 0) is 18.6 Å². The van der Waals surface area contributed by atoms with E-state index < -0.39 is 0 Å². The molecule has 2 aliphatic rings. The number of nitrogens with zero attached hydrogens (tertiary/aromatic N) is 1. The van der Waals surface area contributed by atoms with Crippen LogP contribution >= 0.6 is 0 Å². The quantitative estimate of drug-likeness (QED) is 0.846. The van der Waals surface area contributed by atoms with Gasteiger partial charge in [0.2, 0.25) is 0 Å². The summed E-state index contributed by atoms with van der Waals surface area (Å²) in [6, 6.07) is 4.06. The van der Waals surface area contributed by atoms with Gasteiger partial charge in [0.15, 0.2) is 0 Å². The van der Waals surface area contributed by atoms with Crippen LogP contribution in [0.3, 0.4) is 0 Å². The van der Waals surface area contributed by atoms with Crippen molar-refractivity contribution in [2.75, 3.05) is 40.4 Å². The maximum Gasteiger partial charge on any atom is 0.122 e. The van der Waals surface area contributed by atoms with E-state index in [0.29, 0.717) is 6.42 Å². The average Bonchev–Trinajstić information content (AvgIpc) is 2.54. The minimum atomic E-state index is -0.350. The lowest BCUT2D eigenvalue weighted by molar-refractivity contribution is 0.0352. The van der Waals surface area contributed by atoms with Gasteiger partial charge in [-0.15, -0.1) is 0 Å². The minimum Gasteiger partial charge on any atom is -0.496 e. The first-order valence-electron chi connectivity index (χ1n) is 7.60. The van der Waals surface area contributed by atoms with Crippen LogP contribution < -0.4 is 14.8 Å². The van der Waals surface area contributed by atoms with E-state index in [4.69, 9.17) is 9.47 Å². The van der Waals surface area contributed by atoms with Gasteiger partial charge in [0, 0.05) is 49.8 Å². The monoisotopic (exact) mass is 292 g/mol. The third-order valence-electron chi connectivity index (χ3n) is 4.68. The number of benzene rings is 1. The normalized spacial score (nSPS) is 26.2. The molecule has 0 radical (unpaired) electrons. The minimum absolute atomic E-state index is 0.167. The number of hydrogen-bond donors (Lipinski definition) is 2. The zero-order valence-corrected chi connectivity index (χ0v) is 12.8. The second-order valence-corrected chi connectivity index (χ2v) is 5.76. The lowest BCUT2D eigenvalue weighted by atomic mass is 9.84. The van der Waals surface area contributed by atoms with Gasteiger partial charge in [0.25, 0.3) is 0 Å². The van der Waals surface area contributed by atoms with Gasteiger partial charge in [-0.2, -0.15) is 0 Å². The molecule has 5 heteroatoms. The van der Waals surface area contributed by atoms with Crippen LogP contribution in [0.25, 0.3) is 0 Å². The highest BCUT2D eigenvalue weighted by Crippen LogP contribution is 2.37. The van der Waals surface area contributed by atoms with Crippen LogP contribution in [0.2, 0.25) is 0 Å². The molecule has 0 bridgehead atoms. The zero-order valence-electron chi connectivity index (χ0n) is 12.8. The Labute approximate surface area is 125 Å². The second-order valence-electron chi connectivity index (χ2n) is 5.76. The number of aliphatic hydroxyl groups excluding tert-OH is 1. The predicted octanol–water partition coefficient (Wildman–Crippen LogP) is 0.437. The zero-order chi connectivity index (χ0) is 14.8.